The third-order valence-corrected chi connectivity index (χ3v) is 3.51. The largest absolute Gasteiger partial charge is 0.454 e. The summed E-state index contributed by atoms with van der Waals surface area (Å²) in [6.45, 7) is 6.47. The molecule has 2 aromatic rings. The fraction of sp³-hybridized carbons (Fsp3) is 0.294. The Morgan fingerprint density at radius 3 is 2.40 bits per heavy atom. The maximum Gasteiger partial charge on any atom is 0.165 e. The molecule has 0 aliphatic carbocycles. The monoisotopic (exact) mass is 273 g/mol. The van der Waals surface area contributed by atoms with Gasteiger partial charge in [-0.3, -0.25) is 0 Å². The zero-order valence-electron chi connectivity index (χ0n) is 12.2. The zero-order valence-corrected chi connectivity index (χ0v) is 12.2. The Bertz CT molecular complexity index is 623. The van der Waals surface area contributed by atoms with Crippen molar-refractivity contribution >= 4 is 0 Å². The van der Waals surface area contributed by atoms with Crippen molar-refractivity contribution in [3.63, 3.8) is 0 Å². The van der Waals surface area contributed by atoms with Crippen molar-refractivity contribution in [2.24, 2.45) is 5.73 Å². The average Bonchev–Trinajstić information content (AvgIpc) is 2.42. The fourth-order valence-corrected chi connectivity index (χ4v) is 2.14. The highest BCUT2D eigenvalue weighted by atomic mass is 19.1. The van der Waals surface area contributed by atoms with E-state index in [2.05, 4.69) is 0 Å². The van der Waals surface area contributed by atoms with Gasteiger partial charge in [0.15, 0.2) is 11.6 Å². The van der Waals surface area contributed by atoms with Crippen LogP contribution in [0, 0.1) is 26.6 Å². The SMILES string of the molecule is Cc1ccc(C)c(Oc2ccc(CCN)cc2F)c1C. The fourth-order valence-electron chi connectivity index (χ4n) is 2.14. The first-order valence-electron chi connectivity index (χ1n) is 6.76. The number of benzene rings is 2. The van der Waals surface area contributed by atoms with E-state index in [-0.39, 0.29) is 11.6 Å². The second-order valence-electron chi connectivity index (χ2n) is 5.06. The Kier molecular flexibility index (Phi) is 4.40. The summed E-state index contributed by atoms with van der Waals surface area (Å²) >= 11 is 0. The van der Waals surface area contributed by atoms with Crippen molar-refractivity contribution in [3.05, 3.63) is 58.4 Å². The van der Waals surface area contributed by atoms with Crippen molar-refractivity contribution in [1.82, 2.24) is 0 Å². The van der Waals surface area contributed by atoms with Gasteiger partial charge in [0, 0.05) is 0 Å². The number of aryl methyl sites for hydroxylation is 2. The van der Waals surface area contributed by atoms with Gasteiger partial charge in [0.2, 0.25) is 0 Å². The van der Waals surface area contributed by atoms with Crippen molar-refractivity contribution in [1.29, 1.82) is 0 Å². The van der Waals surface area contributed by atoms with Gasteiger partial charge in [-0.1, -0.05) is 18.2 Å². The van der Waals surface area contributed by atoms with Crippen LogP contribution in [0.2, 0.25) is 0 Å². The Labute approximate surface area is 119 Å². The summed E-state index contributed by atoms with van der Waals surface area (Å²) in [6, 6.07) is 9.03. The first kappa shape index (κ1) is 14.5. The van der Waals surface area contributed by atoms with Crippen LogP contribution in [0.15, 0.2) is 30.3 Å². The van der Waals surface area contributed by atoms with Crippen LogP contribution in [0.1, 0.15) is 22.3 Å². The van der Waals surface area contributed by atoms with E-state index in [1.807, 2.05) is 39.0 Å². The number of rotatable bonds is 4. The molecule has 0 saturated carbocycles. The smallest absolute Gasteiger partial charge is 0.165 e. The van der Waals surface area contributed by atoms with E-state index in [4.69, 9.17) is 10.5 Å². The molecule has 106 valence electrons. The van der Waals surface area contributed by atoms with E-state index in [9.17, 15) is 4.39 Å². The lowest BCUT2D eigenvalue weighted by molar-refractivity contribution is 0.436. The molecule has 0 aromatic heterocycles. The summed E-state index contributed by atoms with van der Waals surface area (Å²) in [5.41, 5.74) is 9.53. The van der Waals surface area contributed by atoms with E-state index in [0.717, 1.165) is 28.0 Å². The molecular weight excluding hydrogens is 253 g/mol. The summed E-state index contributed by atoms with van der Waals surface area (Å²) in [6.07, 6.45) is 0.666. The Balaban J connectivity index is 2.33. The Morgan fingerprint density at radius 1 is 1.05 bits per heavy atom. The van der Waals surface area contributed by atoms with Crippen molar-refractivity contribution in [2.45, 2.75) is 27.2 Å². The minimum absolute atomic E-state index is 0.252. The lowest BCUT2D eigenvalue weighted by Gasteiger charge is -2.14. The molecular formula is C17H20FNO. The number of ether oxygens (including phenoxy) is 1. The second-order valence-corrected chi connectivity index (χ2v) is 5.06. The van der Waals surface area contributed by atoms with Crippen LogP contribution in [0.25, 0.3) is 0 Å². The predicted molar refractivity (Wildman–Crippen MR) is 79.9 cm³/mol. The van der Waals surface area contributed by atoms with Crippen LogP contribution in [-0.4, -0.2) is 6.54 Å². The lowest BCUT2D eigenvalue weighted by atomic mass is 10.1. The molecule has 0 bridgehead atoms. The number of halogens is 1. The molecule has 0 unspecified atom stereocenters. The van der Waals surface area contributed by atoms with Crippen LogP contribution in [0.4, 0.5) is 4.39 Å². The van der Waals surface area contributed by atoms with E-state index in [0.29, 0.717) is 13.0 Å². The number of hydrogen-bond acceptors (Lipinski definition) is 2. The molecule has 3 heteroatoms. The molecule has 0 spiro atoms. The second kappa shape index (κ2) is 6.06. The molecule has 2 aromatic carbocycles. The molecule has 0 amide bonds. The molecule has 2 N–H and O–H groups in total. The van der Waals surface area contributed by atoms with E-state index in [1.165, 1.54) is 6.07 Å². The van der Waals surface area contributed by atoms with E-state index >= 15 is 0 Å². The molecule has 0 radical (unpaired) electrons. The van der Waals surface area contributed by atoms with Gasteiger partial charge < -0.3 is 10.5 Å². The number of hydrogen-bond donors (Lipinski definition) is 1. The third-order valence-electron chi connectivity index (χ3n) is 3.51. The summed E-state index contributed by atoms with van der Waals surface area (Å²) in [4.78, 5) is 0. The molecule has 0 aliphatic heterocycles. The topological polar surface area (TPSA) is 35.2 Å². The Morgan fingerprint density at radius 2 is 1.75 bits per heavy atom. The predicted octanol–water partition coefficient (Wildman–Crippen LogP) is 4.04. The molecule has 2 rings (SSSR count). The normalized spacial score (nSPS) is 10.7. The molecule has 0 heterocycles. The van der Waals surface area contributed by atoms with Gasteiger partial charge >= 0.3 is 0 Å². The molecule has 0 atom stereocenters. The Hall–Kier alpha value is -1.87. The lowest BCUT2D eigenvalue weighted by Crippen LogP contribution is -2.03. The van der Waals surface area contributed by atoms with Gasteiger partial charge in [0.05, 0.1) is 0 Å². The van der Waals surface area contributed by atoms with E-state index in [1.54, 1.807) is 6.07 Å². The molecule has 2 nitrogen and oxygen atoms in total. The highest BCUT2D eigenvalue weighted by molar-refractivity contribution is 5.47. The minimum Gasteiger partial charge on any atom is -0.454 e. The summed E-state index contributed by atoms with van der Waals surface area (Å²) in [7, 11) is 0. The maximum absolute atomic E-state index is 14.1. The van der Waals surface area contributed by atoms with Crippen molar-refractivity contribution in [2.75, 3.05) is 6.54 Å². The highest BCUT2D eigenvalue weighted by Gasteiger charge is 2.11. The quantitative estimate of drug-likeness (QED) is 0.912. The highest BCUT2D eigenvalue weighted by Crippen LogP contribution is 2.32. The van der Waals surface area contributed by atoms with Gasteiger partial charge in [-0.15, -0.1) is 0 Å². The van der Waals surface area contributed by atoms with Gasteiger partial charge in [0.25, 0.3) is 0 Å². The van der Waals surface area contributed by atoms with Crippen LogP contribution in [0.3, 0.4) is 0 Å². The summed E-state index contributed by atoms with van der Waals surface area (Å²) in [5, 5.41) is 0. The first-order chi connectivity index (χ1) is 9.52. The zero-order chi connectivity index (χ0) is 14.7. The van der Waals surface area contributed by atoms with Crippen LogP contribution in [0.5, 0.6) is 11.5 Å². The summed E-state index contributed by atoms with van der Waals surface area (Å²) in [5.74, 6) is 0.634. The van der Waals surface area contributed by atoms with Crippen LogP contribution < -0.4 is 10.5 Å². The molecule has 20 heavy (non-hydrogen) atoms. The minimum atomic E-state index is -0.351. The summed E-state index contributed by atoms with van der Waals surface area (Å²) < 4.78 is 19.8. The van der Waals surface area contributed by atoms with Gasteiger partial charge in [0.1, 0.15) is 5.75 Å². The van der Waals surface area contributed by atoms with Crippen LogP contribution >= 0.6 is 0 Å². The molecule has 0 saturated heterocycles. The maximum atomic E-state index is 14.1. The van der Waals surface area contributed by atoms with Gasteiger partial charge in [-0.25, -0.2) is 4.39 Å². The van der Waals surface area contributed by atoms with E-state index < -0.39 is 0 Å². The van der Waals surface area contributed by atoms with Crippen molar-refractivity contribution in [3.8, 4) is 11.5 Å². The molecule has 0 aliphatic rings. The first-order valence-corrected chi connectivity index (χ1v) is 6.76. The standard InChI is InChI=1S/C17H20FNO/c1-11-4-5-12(2)17(13(11)3)20-16-7-6-14(8-9-19)10-15(16)18/h4-7,10H,8-9,19H2,1-3H3. The van der Waals surface area contributed by atoms with Gasteiger partial charge in [-0.05, 0) is 68.1 Å². The average molecular weight is 273 g/mol. The number of nitrogens with two attached hydrogens (primary N) is 1. The molecule has 0 fully saturated rings. The van der Waals surface area contributed by atoms with Gasteiger partial charge in [-0.2, -0.15) is 0 Å². The third kappa shape index (κ3) is 2.99. The van der Waals surface area contributed by atoms with Crippen LogP contribution in [-0.2, 0) is 6.42 Å². The van der Waals surface area contributed by atoms with Crippen molar-refractivity contribution < 1.29 is 9.13 Å².